The number of benzene rings is 3. The molecule has 1 saturated heterocycles. The molecule has 2 heterocycles. The van der Waals surface area contributed by atoms with Gasteiger partial charge in [-0.2, -0.15) is 0 Å². The van der Waals surface area contributed by atoms with E-state index in [2.05, 4.69) is 65.3 Å². The zero-order chi connectivity index (χ0) is 29.5. The molecule has 7 nitrogen and oxygen atoms in total. The van der Waals surface area contributed by atoms with Crippen LogP contribution in [0, 0.1) is 12.8 Å². The molecule has 2 amide bonds. The van der Waals surface area contributed by atoms with Gasteiger partial charge in [0.25, 0.3) is 5.91 Å². The fourth-order valence-electron chi connectivity index (χ4n) is 5.21. The lowest BCUT2D eigenvalue weighted by Gasteiger charge is -2.36. The number of amides is 2. The van der Waals surface area contributed by atoms with Crippen LogP contribution in [0.5, 0.6) is 0 Å². The molecule has 0 radical (unpaired) electrons. The topological polar surface area (TPSA) is 69.6 Å². The summed E-state index contributed by atoms with van der Waals surface area (Å²) >= 11 is 0. The lowest BCUT2D eigenvalue weighted by molar-refractivity contribution is -0.132. The zero-order valence-corrected chi connectivity index (χ0v) is 24.7. The Morgan fingerprint density at radius 3 is 2.05 bits per heavy atom. The Morgan fingerprint density at radius 1 is 0.762 bits per heavy atom. The van der Waals surface area contributed by atoms with Crippen molar-refractivity contribution in [2.24, 2.45) is 5.92 Å². The number of carbonyl (C=O) groups is 2. The van der Waals surface area contributed by atoms with Crippen molar-refractivity contribution in [3.05, 3.63) is 102 Å². The van der Waals surface area contributed by atoms with E-state index in [0.717, 1.165) is 29.1 Å². The highest BCUT2D eigenvalue weighted by Crippen LogP contribution is 2.24. The van der Waals surface area contributed by atoms with Gasteiger partial charge in [0, 0.05) is 43.9 Å². The average Bonchev–Trinajstić information content (AvgIpc) is 3.03. The number of hydrogen-bond acceptors (Lipinski definition) is 5. The van der Waals surface area contributed by atoms with Crippen LogP contribution >= 0.6 is 0 Å². The van der Waals surface area contributed by atoms with Gasteiger partial charge in [0.15, 0.2) is 5.82 Å². The Labute approximate surface area is 248 Å². The molecule has 0 aliphatic carbocycles. The van der Waals surface area contributed by atoms with Gasteiger partial charge in [0.05, 0.1) is 5.69 Å². The molecule has 1 aliphatic heterocycles. The van der Waals surface area contributed by atoms with Gasteiger partial charge in [-0.05, 0) is 54.2 Å². The molecular formula is C35H39N5O2. The first kappa shape index (κ1) is 29.0. The maximum atomic E-state index is 13.4. The second-order valence-corrected chi connectivity index (χ2v) is 11.3. The van der Waals surface area contributed by atoms with Gasteiger partial charge in [0.1, 0.15) is 6.54 Å². The molecule has 1 fully saturated rings. The van der Waals surface area contributed by atoms with E-state index < -0.39 is 0 Å². The highest BCUT2D eigenvalue weighted by atomic mass is 16.2. The fourth-order valence-corrected chi connectivity index (χ4v) is 5.21. The second-order valence-electron chi connectivity index (χ2n) is 11.3. The van der Waals surface area contributed by atoms with E-state index in [1.165, 1.54) is 11.1 Å². The van der Waals surface area contributed by atoms with Gasteiger partial charge in [-0.15, -0.1) is 10.2 Å². The molecule has 3 aromatic carbocycles. The Morgan fingerprint density at radius 2 is 1.40 bits per heavy atom. The van der Waals surface area contributed by atoms with Crippen molar-refractivity contribution in [1.29, 1.82) is 0 Å². The first-order chi connectivity index (χ1) is 20.4. The van der Waals surface area contributed by atoms with Crippen LogP contribution in [0.1, 0.15) is 36.2 Å². The Balaban J connectivity index is 1.17. The number of aryl methyl sites for hydroxylation is 1. The molecular weight excluding hydrogens is 522 g/mol. The van der Waals surface area contributed by atoms with Crippen molar-refractivity contribution < 1.29 is 9.59 Å². The van der Waals surface area contributed by atoms with E-state index >= 15 is 0 Å². The predicted molar refractivity (Wildman–Crippen MR) is 168 cm³/mol. The molecule has 216 valence electrons. The van der Waals surface area contributed by atoms with Crippen molar-refractivity contribution in [1.82, 2.24) is 20.0 Å². The molecule has 4 aromatic rings. The van der Waals surface area contributed by atoms with E-state index in [-0.39, 0.29) is 18.4 Å². The normalized spacial score (nSPS) is 13.3. The van der Waals surface area contributed by atoms with E-state index in [1.54, 1.807) is 4.90 Å². The fraction of sp³-hybridized carbons (Fsp3) is 0.314. The molecule has 7 heteroatoms. The lowest BCUT2D eigenvalue weighted by Crippen LogP contribution is -2.52. The largest absolute Gasteiger partial charge is 0.352 e. The van der Waals surface area contributed by atoms with Crippen LogP contribution in [0.15, 0.2) is 91.0 Å². The monoisotopic (exact) mass is 561 g/mol. The summed E-state index contributed by atoms with van der Waals surface area (Å²) in [5.74, 6) is 1.16. The predicted octanol–water partition coefficient (Wildman–Crippen LogP) is 5.96. The van der Waals surface area contributed by atoms with Gasteiger partial charge in [-0.1, -0.05) is 86.6 Å². The van der Waals surface area contributed by atoms with Gasteiger partial charge >= 0.3 is 0 Å². The van der Waals surface area contributed by atoms with Crippen LogP contribution in [-0.2, 0) is 4.79 Å². The lowest BCUT2D eigenvalue weighted by atomic mass is 10.0. The Bertz CT molecular complexity index is 1480. The van der Waals surface area contributed by atoms with Crippen molar-refractivity contribution in [3.8, 4) is 22.4 Å². The Hall–Kier alpha value is -4.52. The summed E-state index contributed by atoms with van der Waals surface area (Å²) in [6.45, 7) is 9.37. The summed E-state index contributed by atoms with van der Waals surface area (Å²) < 4.78 is 0. The van der Waals surface area contributed by atoms with E-state index in [4.69, 9.17) is 0 Å². The number of hydrogen-bond donors (Lipinski definition) is 0. The number of nitrogens with zero attached hydrogens (tertiary/aromatic N) is 5. The minimum Gasteiger partial charge on any atom is -0.352 e. The molecule has 0 bridgehead atoms. The minimum absolute atomic E-state index is 0.0132. The molecule has 5 rings (SSSR count). The SMILES string of the molecule is Cc1ccccc1C(=O)N(CCC(C)C)CC(=O)N1CCN(c2ccc(-c3ccc(-c4ccccc4)cc3)nn2)CC1. The summed E-state index contributed by atoms with van der Waals surface area (Å²) in [7, 11) is 0. The number of carbonyl (C=O) groups excluding carboxylic acids is 2. The smallest absolute Gasteiger partial charge is 0.254 e. The highest BCUT2D eigenvalue weighted by Gasteiger charge is 2.26. The summed E-state index contributed by atoms with van der Waals surface area (Å²) in [5, 5.41) is 9.00. The molecule has 1 aromatic heterocycles. The summed E-state index contributed by atoms with van der Waals surface area (Å²) in [6, 6.07) is 30.2. The van der Waals surface area contributed by atoms with Gasteiger partial charge in [-0.3, -0.25) is 9.59 Å². The van der Waals surface area contributed by atoms with Crippen LogP contribution in [0.25, 0.3) is 22.4 Å². The average molecular weight is 562 g/mol. The quantitative estimate of drug-likeness (QED) is 0.252. The molecule has 42 heavy (non-hydrogen) atoms. The highest BCUT2D eigenvalue weighted by molar-refractivity contribution is 5.97. The van der Waals surface area contributed by atoms with Crippen molar-refractivity contribution in [2.45, 2.75) is 27.2 Å². The first-order valence-electron chi connectivity index (χ1n) is 14.8. The Kier molecular flexibility index (Phi) is 9.27. The molecule has 0 unspecified atom stereocenters. The summed E-state index contributed by atoms with van der Waals surface area (Å²) in [5.41, 5.74) is 5.78. The zero-order valence-electron chi connectivity index (χ0n) is 24.7. The third kappa shape index (κ3) is 7.03. The van der Waals surface area contributed by atoms with E-state index in [0.29, 0.717) is 44.2 Å². The number of rotatable bonds is 9. The number of aromatic nitrogens is 2. The van der Waals surface area contributed by atoms with E-state index in [9.17, 15) is 9.59 Å². The van der Waals surface area contributed by atoms with Gasteiger partial charge < -0.3 is 14.7 Å². The van der Waals surface area contributed by atoms with Gasteiger partial charge in [-0.25, -0.2) is 0 Å². The third-order valence-electron chi connectivity index (χ3n) is 7.86. The second kappa shape index (κ2) is 13.4. The van der Waals surface area contributed by atoms with Gasteiger partial charge in [0.2, 0.25) is 5.91 Å². The van der Waals surface area contributed by atoms with E-state index in [1.807, 2.05) is 66.4 Å². The number of piperazine rings is 1. The summed E-state index contributed by atoms with van der Waals surface area (Å²) in [6.07, 6.45) is 0.852. The standard InChI is InChI=1S/C35H39N5O2/c1-26(2)19-20-40(35(42)31-12-8-7-9-27(31)3)25-34(41)39-23-21-38(22-24-39)33-18-17-32(36-37-33)30-15-13-29(14-16-30)28-10-5-4-6-11-28/h4-18,26H,19-25H2,1-3H3. The summed E-state index contributed by atoms with van der Waals surface area (Å²) in [4.78, 5) is 32.4. The number of anilines is 1. The van der Waals surface area contributed by atoms with Crippen LogP contribution in [0.4, 0.5) is 5.82 Å². The molecule has 0 spiro atoms. The van der Waals surface area contributed by atoms with Crippen molar-refractivity contribution >= 4 is 17.6 Å². The van der Waals surface area contributed by atoms with Crippen LogP contribution in [-0.4, -0.2) is 71.1 Å². The first-order valence-corrected chi connectivity index (χ1v) is 14.8. The van der Waals surface area contributed by atoms with Crippen LogP contribution in [0.2, 0.25) is 0 Å². The van der Waals surface area contributed by atoms with Crippen molar-refractivity contribution in [2.75, 3.05) is 44.2 Å². The van der Waals surface area contributed by atoms with Crippen molar-refractivity contribution in [3.63, 3.8) is 0 Å². The molecule has 0 N–H and O–H groups in total. The minimum atomic E-state index is -0.0780. The maximum Gasteiger partial charge on any atom is 0.254 e. The molecule has 0 saturated carbocycles. The van der Waals surface area contributed by atoms with Crippen LogP contribution in [0.3, 0.4) is 0 Å². The van der Waals surface area contributed by atoms with Crippen LogP contribution < -0.4 is 4.90 Å². The molecule has 1 aliphatic rings. The molecule has 0 atom stereocenters. The third-order valence-corrected chi connectivity index (χ3v) is 7.86. The maximum absolute atomic E-state index is 13.4.